The highest BCUT2D eigenvalue weighted by Crippen LogP contribution is 2.29. The van der Waals surface area contributed by atoms with Crippen molar-refractivity contribution >= 4 is 46.6 Å². The molecule has 0 fully saturated rings. The molecule has 2 aromatic carbocycles. The molecular formula is C18H12Cl2F2N2O2. The highest BCUT2D eigenvalue weighted by atomic mass is 35.5. The van der Waals surface area contributed by atoms with E-state index >= 15 is 0 Å². The second kappa shape index (κ2) is 7.43. The molecule has 1 heterocycles. The van der Waals surface area contributed by atoms with Gasteiger partial charge in [-0.15, -0.1) is 0 Å². The van der Waals surface area contributed by atoms with E-state index in [4.69, 9.17) is 23.2 Å². The Morgan fingerprint density at radius 3 is 2.50 bits per heavy atom. The molecule has 0 saturated carbocycles. The maximum Gasteiger partial charge on any atom is 0.387 e. The topological polar surface area (TPSA) is 41.9 Å². The zero-order valence-corrected chi connectivity index (χ0v) is 14.9. The van der Waals surface area contributed by atoms with Gasteiger partial charge in [0.2, 0.25) is 0 Å². The second-order valence-corrected chi connectivity index (χ2v) is 6.24. The van der Waals surface area contributed by atoms with Gasteiger partial charge in [-0.25, -0.2) is 0 Å². The Morgan fingerprint density at radius 2 is 1.85 bits per heavy atom. The van der Waals surface area contributed by atoms with Crippen LogP contribution in [0.25, 0.3) is 6.08 Å². The third kappa shape index (κ3) is 3.86. The Hall–Kier alpha value is -2.44. The molecule has 0 spiro atoms. The third-order valence-electron chi connectivity index (χ3n) is 3.63. The molecule has 0 N–H and O–H groups in total. The van der Waals surface area contributed by atoms with Crippen molar-refractivity contribution in [1.29, 1.82) is 0 Å². The first-order valence-corrected chi connectivity index (χ1v) is 8.22. The minimum absolute atomic E-state index is 0.0501. The quantitative estimate of drug-likeness (QED) is 0.649. The molecule has 0 aliphatic carbocycles. The monoisotopic (exact) mass is 396 g/mol. The molecule has 1 aliphatic heterocycles. The summed E-state index contributed by atoms with van der Waals surface area (Å²) in [5, 5.41) is 6.32. The van der Waals surface area contributed by atoms with E-state index in [-0.39, 0.29) is 11.7 Å². The number of benzene rings is 2. The first-order valence-electron chi connectivity index (χ1n) is 7.47. The Balaban J connectivity index is 1.93. The number of carbonyl (C=O) groups is 1. The highest BCUT2D eigenvalue weighted by Gasteiger charge is 2.28. The molecule has 1 aliphatic rings. The van der Waals surface area contributed by atoms with Crippen molar-refractivity contribution in [1.82, 2.24) is 0 Å². The van der Waals surface area contributed by atoms with E-state index in [1.54, 1.807) is 31.2 Å². The van der Waals surface area contributed by atoms with E-state index < -0.39 is 6.61 Å². The van der Waals surface area contributed by atoms with Crippen LogP contribution in [-0.4, -0.2) is 18.2 Å². The minimum Gasteiger partial charge on any atom is -0.435 e. The van der Waals surface area contributed by atoms with Gasteiger partial charge in [0.25, 0.3) is 5.91 Å². The van der Waals surface area contributed by atoms with E-state index in [0.29, 0.717) is 32.6 Å². The van der Waals surface area contributed by atoms with Crippen molar-refractivity contribution in [3.63, 3.8) is 0 Å². The smallest absolute Gasteiger partial charge is 0.387 e. The van der Waals surface area contributed by atoms with Crippen molar-refractivity contribution in [2.24, 2.45) is 5.10 Å². The first-order chi connectivity index (χ1) is 12.3. The van der Waals surface area contributed by atoms with Crippen LogP contribution in [0, 0.1) is 0 Å². The van der Waals surface area contributed by atoms with Gasteiger partial charge in [0.05, 0.1) is 17.0 Å². The van der Waals surface area contributed by atoms with Crippen molar-refractivity contribution in [3.05, 3.63) is 63.6 Å². The predicted octanol–water partition coefficient (Wildman–Crippen LogP) is 5.40. The van der Waals surface area contributed by atoms with E-state index in [2.05, 4.69) is 9.84 Å². The molecule has 0 unspecified atom stereocenters. The maximum absolute atomic E-state index is 12.7. The van der Waals surface area contributed by atoms with Gasteiger partial charge in [-0.1, -0.05) is 23.2 Å². The summed E-state index contributed by atoms with van der Waals surface area (Å²) in [4.78, 5) is 12.7. The summed E-state index contributed by atoms with van der Waals surface area (Å²) in [5.74, 6) is -0.410. The van der Waals surface area contributed by atoms with Crippen LogP contribution in [0.1, 0.15) is 12.5 Å². The molecule has 8 heteroatoms. The number of alkyl halides is 2. The average molecular weight is 397 g/mol. The minimum atomic E-state index is -2.95. The van der Waals surface area contributed by atoms with Crippen molar-refractivity contribution in [2.75, 3.05) is 5.01 Å². The van der Waals surface area contributed by atoms with Gasteiger partial charge in [0, 0.05) is 10.0 Å². The zero-order chi connectivity index (χ0) is 18.8. The van der Waals surface area contributed by atoms with E-state index in [0.717, 1.165) is 0 Å². The van der Waals surface area contributed by atoms with Crippen LogP contribution in [0.15, 0.2) is 53.1 Å². The molecule has 134 valence electrons. The van der Waals surface area contributed by atoms with Crippen LogP contribution in [0.4, 0.5) is 14.5 Å². The van der Waals surface area contributed by atoms with Gasteiger partial charge in [-0.3, -0.25) is 4.79 Å². The number of hydrogen-bond donors (Lipinski definition) is 0. The number of ether oxygens (including phenoxy) is 1. The summed E-state index contributed by atoms with van der Waals surface area (Å²) in [6.45, 7) is -1.28. The largest absolute Gasteiger partial charge is 0.435 e. The van der Waals surface area contributed by atoms with Crippen molar-refractivity contribution in [3.8, 4) is 5.75 Å². The van der Waals surface area contributed by atoms with Crippen LogP contribution in [0.2, 0.25) is 10.0 Å². The van der Waals surface area contributed by atoms with E-state index in [1.165, 1.54) is 29.3 Å². The number of rotatable bonds is 4. The molecule has 0 saturated heterocycles. The van der Waals surface area contributed by atoms with Crippen molar-refractivity contribution < 1.29 is 18.3 Å². The Bertz CT molecular complexity index is 912. The molecule has 0 bridgehead atoms. The number of amides is 1. The zero-order valence-electron chi connectivity index (χ0n) is 13.4. The van der Waals surface area contributed by atoms with Gasteiger partial charge < -0.3 is 4.74 Å². The van der Waals surface area contributed by atoms with Gasteiger partial charge in [0.1, 0.15) is 5.75 Å². The van der Waals surface area contributed by atoms with E-state index in [9.17, 15) is 13.6 Å². The average Bonchev–Trinajstić information content (AvgIpc) is 2.86. The third-order valence-corrected chi connectivity index (χ3v) is 4.22. The number of carbonyl (C=O) groups excluding carboxylic acids is 1. The first kappa shape index (κ1) is 18.4. The van der Waals surface area contributed by atoms with Gasteiger partial charge >= 0.3 is 6.61 Å². The number of nitrogens with zero attached hydrogens (tertiary/aromatic N) is 2. The summed E-state index contributed by atoms with van der Waals surface area (Å²) < 4.78 is 29.1. The molecule has 0 atom stereocenters. The fourth-order valence-electron chi connectivity index (χ4n) is 2.41. The summed E-state index contributed by atoms with van der Waals surface area (Å²) in [6, 6.07) is 10.7. The Kier molecular flexibility index (Phi) is 5.25. The van der Waals surface area contributed by atoms with Crippen LogP contribution >= 0.6 is 23.2 Å². The number of anilines is 1. The Morgan fingerprint density at radius 1 is 1.15 bits per heavy atom. The lowest BCUT2D eigenvalue weighted by molar-refractivity contribution is -0.114. The second-order valence-electron chi connectivity index (χ2n) is 5.40. The maximum atomic E-state index is 12.7. The summed E-state index contributed by atoms with van der Waals surface area (Å²) >= 11 is 12.0. The lowest BCUT2D eigenvalue weighted by Crippen LogP contribution is -2.21. The molecular weight excluding hydrogens is 385 g/mol. The fourth-order valence-corrected chi connectivity index (χ4v) is 2.70. The van der Waals surface area contributed by atoms with Gasteiger partial charge in [-0.05, 0) is 61.0 Å². The summed E-state index contributed by atoms with van der Waals surface area (Å²) in [6.07, 6.45) is 1.50. The molecule has 3 rings (SSSR count). The van der Waals surface area contributed by atoms with Crippen molar-refractivity contribution in [2.45, 2.75) is 13.5 Å². The number of halogens is 4. The summed E-state index contributed by atoms with van der Waals surface area (Å²) in [5.41, 5.74) is 1.71. The van der Waals surface area contributed by atoms with Crippen LogP contribution in [0.5, 0.6) is 5.75 Å². The highest BCUT2D eigenvalue weighted by molar-refractivity contribution is 6.35. The SMILES string of the molecule is CC1=NN(c2ccc(Cl)cc2)C(=O)/C1=C\c1cc(OC(F)F)ccc1Cl. The molecule has 2 aromatic rings. The number of hydrazone groups is 1. The predicted molar refractivity (Wildman–Crippen MR) is 98.1 cm³/mol. The van der Waals surface area contributed by atoms with Crippen LogP contribution in [0.3, 0.4) is 0 Å². The molecule has 4 nitrogen and oxygen atoms in total. The molecule has 1 amide bonds. The molecule has 26 heavy (non-hydrogen) atoms. The number of hydrogen-bond acceptors (Lipinski definition) is 3. The van der Waals surface area contributed by atoms with Crippen LogP contribution in [-0.2, 0) is 4.79 Å². The lowest BCUT2D eigenvalue weighted by atomic mass is 10.1. The van der Waals surface area contributed by atoms with Gasteiger partial charge in [-0.2, -0.15) is 18.9 Å². The summed E-state index contributed by atoms with van der Waals surface area (Å²) in [7, 11) is 0. The fraction of sp³-hybridized carbons (Fsp3) is 0.111. The molecule has 0 aromatic heterocycles. The standard InChI is InChI=1S/C18H12Cl2F2N2O2/c1-10-15(9-11-8-14(26-18(21)22)6-7-16(11)20)17(25)24(23-10)13-4-2-12(19)3-5-13/h2-9,18H,1H3/b15-9-. The van der Waals surface area contributed by atoms with Crippen LogP contribution < -0.4 is 9.75 Å². The van der Waals surface area contributed by atoms with E-state index in [1.807, 2.05) is 0 Å². The normalized spacial score (nSPS) is 15.8. The van der Waals surface area contributed by atoms with Gasteiger partial charge in [0.15, 0.2) is 0 Å². The lowest BCUT2D eigenvalue weighted by Gasteiger charge is -2.11. The molecule has 0 radical (unpaired) electrons. The Labute approximate surface area is 158 Å².